The number of para-hydroxylation sites is 1. The number of aromatic nitrogens is 2. The Labute approximate surface area is 185 Å². The van der Waals surface area contributed by atoms with Crippen molar-refractivity contribution >= 4 is 5.78 Å². The molecule has 0 spiro atoms. The summed E-state index contributed by atoms with van der Waals surface area (Å²) in [5, 5.41) is 10.4. The van der Waals surface area contributed by atoms with Gasteiger partial charge in [0, 0.05) is 12.1 Å². The van der Waals surface area contributed by atoms with Gasteiger partial charge in [-0.15, -0.1) is 0 Å². The Morgan fingerprint density at radius 1 is 0.844 bits per heavy atom. The van der Waals surface area contributed by atoms with E-state index in [4.69, 9.17) is 9.40 Å². The molecule has 0 unspecified atom stereocenters. The largest absolute Gasteiger partial charge is 0.507 e. The summed E-state index contributed by atoms with van der Waals surface area (Å²) in [4.78, 5) is 18.6. The van der Waals surface area contributed by atoms with Crippen LogP contribution in [0.2, 0.25) is 0 Å². The molecule has 0 atom stereocenters. The fourth-order valence-corrected chi connectivity index (χ4v) is 3.79. The number of hydrogen-bond acceptors (Lipinski definition) is 4. The highest BCUT2D eigenvalue weighted by Crippen LogP contribution is 2.33. The summed E-state index contributed by atoms with van der Waals surface area (Å²) in [5.41, 5.74) is 2.93. The first-order valence-corrected chi connectivity index (χ1v) is 10.3. The molecule has 2 heterocycles. The number of ketones is 1. The molecule has 5 nitrogen and oxygen atoms in total. The molecule has 0 amide bonds. The van der Waals surface area contributed by atoms with E-state index in [1.807, 2.05) is 65.2 Å². The highest BCUT2D eigenvalue weighted by atomic mass is 16.3. The van der Waals surface area contributed by atoms with Crippen LogP contribution in [-0.4, -0.2) is 20.4 Å². The van der Waals surface area contributed by atoms with Crippen molar-refractivity contribution in [3.8, 4) is 28.6 Å². The maximum Gasteiger partial charge on any atom is 0.215 e. The molecule has 0 radical (unpaired) electrons. The Balaban J connectivity index is 1.78. The van der Waals surface area contributed by atoms with Gasteiger partial charge < -0.3 is 14.1 Å². The second kappa shape index (κ2) is 8.40. The lowest BCUT2D eigenvalue weighted by atomic mass is 10.0. The van der Waals surface area contributed by atoms with E-state index >= 15 is 0 Å². The first-order chi connectivity index (χ1) is 15.7. The van der Waals surface area contributed by atoms with Crippen LogP contribution in [0.25, 0.3) is 22.8 Å². The summed E-state index contributed by atoms with van der Waals surface area (Å²) >= 11 is 0. The van der Waals surface area contributed by atoms with E-state index < -0.39 is 0 Å². The number of furan rings is 1. The monoisotopic (exact) mass is 420 g/mol. The van der Waals surface area contributed by atoms with Crippen LogP contribution in [0.3, 0.4) is 0 Å². The smallest absolute Gasteiger partial charge is 0.215 e. The zero-order valence-electron chi connectivity index (χ0n) is 17.2. The minimum atomic E-state index is -0.319. The topological polar surface area (TPSA) is 68.3 Å². The van der Waals surface area contributed by atoms with Gasteiger partial charge in [0.15, 0.2) is 5.76 Å². The van der Waals surface area contributed by atoms with Gasteiger partial charge in [0.2, 0.25) is 5.78 Å². The zero-order valence-corrected chi connectivity index (χ0v) is 17.2. The van der Waals surface area contributed by atoms with E-state index in [1.165, 1.54) is 6.07 Å². The summed E-state index contributed by atoms with van der Waals surface area (Å²) in [5.74, 6) is 0.754. The fourth-order valence-electron chi connectivity index (χ4n) is 3.79. The predicted octanol–water partition coefficient (Wildman–Crippen LogP) is 5.80. The number of carbonyl (C=O) groups excluding carboxylic acids is 1. The molecule has 0 fully saturated rings. The van der Waals surface area contributed by atoms with Crippen LogP contribution >= 0.6 is 0 Å². The summed E-state index contributed by atoms with van der Waals surface area (Å²) in [6.45, 7) is 0.438. The summed E-state index contributed by atoms with van der Waals surface area (Å²) < 4.78 is 7.54. The Morgan fingerprint density at radius 3 is 2.22 bits per heavy atom. The van der Waals surface area contributed by atoms with Crippen molar-refractivity contribution in [1.82, 2.24) is 9.55 Å². The number of carbonyl (C=O) groups is 1. The maximum atomic E-state index is 13.8. The minimum absolute atomic E-state index is 0.0726. The Hall–Kier alpha value is -4.38. The molecular weight excluding hydrogens is 400 g/mol. The summed E-state index contributed by atoms with van der Waals surface area (Å²) in [6.07, 6.45) is 1.56. The lowest BCUT2D eigenvalue weighted by Gasteiger charge is -2.13. The highest BCUT2D eigenvalue weighted by molar-refractivity contribution is 6.13. The average molecular weight is 420 g/mol. The van der Waals surface area contributed by atoms with Crippen LogP contribution in [0.5, 0.6) is 5.75 Å². The Morgan fingerprint density at radius 2 is 1.53 bits per heavy atom. The van der Waals surface area contributed by atoms with Crippen molar-refractivity contribution in [2.45, 2.75) is 6.54 Å². The van der Waals surface area contributed by atoms with Crippen LogP contribution in [-0.2, 0) is 6.54 Å². The zero-order chi connectivity index (χ0) is 21.9. The first kappa shape index (κ1) is 19.6. The number of rotatable bonds is 6. The second-order valence-corrected chi connectivity index (χ2v) is 7.39. The minimum Gasteiger partial charge on any atom is -0.507 e. The molecule has 0 saturated carbocycles. The van der Waals surface area contributed by atoms with Crippen molar-refractivity contribution in [2.75, 3.05) is 0 Å². The van der Waals surface area contributed by atoms with E-state index in [-0.39, 0.29) is 17.1 Å². The maximum absolute atomic E-state index is 13.8. The molecule has 0 saturated heterocycles. The number of phenolic OH excluding ortho intramolecular Hbond substituents is 1. The number of benzene rings is 3. The number of hydrogen-bond donors (Lipinski definition) is 1. The van der Waals surface area contributed by atoms with E-state index in [0.717, 1.165) is 11.1 Å². The number of aromatic hydroxyl groups is 1. The molecule has 5 heteroatoms. The van der Waals surface area contributed by atoms with Crippen LogP contribution in [0, 0.1) is 0 Å². The molecule has 32 heavy (non-hydrogen) atoms. The molecule has 5 aromatic rings. The first-order valence-electron chi connectivity index (χ1n) is 10.3. The normalized spacial score (nSPS) is 10.9. The molecule has 2 aromatic heterocycles. The third kappa shape index (κ3) is 3.61. The third-order valence-corrected chi connectivity index (χ3v) is 5.30. The van der Waals surface area contributed by atoms with Gasteiger partial charge in [-0.1, -0.05) is 72.8 Å². The van der Waals surface area contributed by atoms with Gasteiger partial charge in [-0.2, -0.15) is 0 Å². The molecule has 1 N–H and O–H groups in total. The quantitative estimate of drug-likeness (QED) is 0.353. The van der Waals surface area contributed by atoms with Gasteiger partial charge in [-0.25, -0.2) is 4.98 Å². The number of nitrogens with zero attached hydrogens (tertiary/aromatic N) is 2. The molecular formula is C27H20N2O3. The van der Waals surface area contributed by atoms with Crippen molar-refractivity contribution < 1.29 is 14.3 Å². The van der Waals surface area contributed by atoms with Crippen molar-refractivity contribution in [1.29, 1.82) is 0 Å². The molecule has 0 aliphatic heterocycles. The number of imidazole rings is 1. The molecule has 3 aromatic carbocycles. The van der Waals surface area contributed by atoms with Crippen molar-refractivity contribution in [3.63, 3.8) is 0 Å². The van der Waals surface area contributed by atoms with Crippen LogP contribution < -0.4 is 0 Å². The number of phenols is 1. The van der Waals surface area contributed by atoms with Gasteiger partial charge >= 0.3 is 0 Å². The van der Waals surface area contributed by atoms with Crippen LogP contribution in [0.1, 0.15) is 21.6 Å². The van der Waals surface area contributed by atoms with Crippen molar-refractivity contribution in [3.05, 3.63) is 120 Å². The SMILES string of the molecule is O=C(c1ccccc1O)c1c(-c2ccco2)nc(-c2ccccc2)n1Cc1ccccc1. The lowest BCUT2D eigenvalue weighted by Crippen LogP contribution is -2.13. The van der Waals surface area contributed by atoms with Crippen molar-refractivity contribution in [2.24, 2.45) is 0 Å². The average Bonchev–Trinajstić information content (AvgIpc) is 3.49. The van der Waals surface area contributed by atoms with E-state index in [0.29, 0.717) is 29.5 Å². The fraction of sp³-hybridized carbons (Fsp3) is 0.0370. The van der Waals surface area contributed by atoms with Gasteiger partial charge in [0.25, 0.3) is 0 Å². The predicted molar refractivity (Wildman–Crippen MR) is 122 cm³/mol. The van der Waals surface area contributed by atoms with E-state index in [9.17, 15) is 9.90 Å². The third-order valence-electron chi connectivity index (χ3n) is 5.30. The summed E-state index contributed by atoms with van der Waals surface area (Å²) in [6, 6.07) is 29.7. The Kier molecular flexibility index (Phi) is 5.14. The van der Waals surface area contributed by atoms with Gasteiger partial charge in [0.05, 0.1) is 11.8 Å². The van der Waals surface area contributed by atoms with E-state index in [1.54, 1.807) is 36.6 Å². The highest BCUT2D eigenvalue weighted by Gasteiger charge is 2.28. The van der Waals surface area contributed by atoms with Gasteiger partial charge in [-0.3, -0.25) is 4.79 Å². The van der Waals surface area contributed by atoms with Gasteiger partial charge in [0.1, 0.15) is 23.0 Å². The lowest BCUT2D eigenvalue weighted by molar-refractivity contribution is 0.102. The van der Waals surface area contributed by atoms with E-state index in [2.05, 4.69) is 0 Å². The van der Waals surface area contributed by atoms with Crippen LogP contribution in [0.15, 0.2) is 108 Å². The molecule has 0 aliphatic carbocycles. The standard InChI is InChI=1S/C27H20N2O3/c30-22-15-8-7-14-21(22)26(31)25-24(23-16-9-17-32-23)28-27(20-12-5-2-6-13-20)29(25)18-19-10-3-1-4-11-19/h1-17,30H,18H2. The molecule has 0 aliphatic rings. The molecule has 156 valence electrons. The second-order valence-electron chi connectivity index (χ2n) is 7.39. The molecule has 0 bridgehead atoms. The van der Waals surface area contributed by atoms with Gasteiger partial charge in [-0.05, 0) is 29.8 Å². The molecule has 5 rings (SSSR count). The summed E-state index contributed by atoms with van der Waals surface area (Å²) in [7, 11) is 0. The van der Waals surface area contributed by atoms with Crippen LogP contribution in [0.4, 0.5) is 0 Å². The Bertz CT molecular complexity index is 1360.